The van der Waals surface area contributed by atoms with Gasteiger partial charge in [-0.3, -0.25) is 0 Å². The highest BCUT2D eigenvalue weighted by atomic mass is 32.2. The van der Waals surface area contributed by atoms with Crippen LogP contribution in [-0.4, -0.2) is 0 Å². The molecule has 15 heavy (non-hydrogen) atoms. The first-order chi connectivity index (χ1) is 7.13. The Kier molecular flexibility index (Phi) is 2.74. The molecule has 0 bridgehead atoms. The number of aryl methyl sites for hydroxylation is 2. The van der Waals surface area contributed by atoms with Gasteiger partial charge in [0.05, 0.1) is 0 Å². The van der Waals surface area contributed by atoms with Gasteiger partial charge in [0.1, 0.15) is 0 Å². The summed E-state index contributed by atoms with van der Waals surface area (Å²) in [4.78, 5) is 2.64. The smallest absolute Gasteiger partial charge is 0.0183 e. The van der Waals surface area contributed by atoms with Gasteiger partial charge in [-0.25, -0.2) is 0 Å². The number of allylic oxidation sites excluding steroid dienone is 2. The fraction of sp³-hybridized carbons (Fsp3) is 0.286. The Morgan fingerprint density at radius 1 is 1.33 bits per heavy atom. The lowest BCUT2D eigenvalue weighted by atomic mass is 9.94. The molecule has 78 valence electrons. The molecule has 0 N–H and O–H groups in total. The SMILES string of the molecule is C=CC1Cc2c(C)ccc(C)c2SC1=C. The Balaban J connectivity index is 2.53. The summed E-state index contributed by atoms with van der Waals surface area (Å²) in [6.07, 6.45) is 3.08. The summed E-state index contributed by atoms with van der Waals surface area (Å²) in [5, 5.41) is 0. The number of hydrogen-bond donors (Lipinski definition) is 0. The van der Waals surface area contributed by atoms with E-state index < -0.39 is 0 Å². The van der Waals surface area contributed by atoms with Gasteiger partial charge in [-0.15, -0.1) is 6.58 Å². The van der Waals surface area contributed by atoms with Crippen molar-refractivity contribution in [2.45, 2.75) is 25.2 Å². The lowest BCUT2D eigenvalue weighted by Crippen LogP contribution is -2.11. The van der Waals surface area contributed by atoms with Crippen LogP contribution >= 0.6 is 11.8 Å². The van der Waals surface area contributed by atoms with Gasteiger partial charge >= 0.3 is 0 Å². The van der Waals surface area contributed by atoms with E-state index in [9.17, 15) is 0 Å². The molecular weight excluding hydrogens is 200 g/mol. The Morgan fingerprint density at radius 2 is 2.00 bits per heavy atom. The van der Waals surface area contributed by atoms with Crippen LogP contribution in [0.3, 0.4) is 0 Å². The minimum atomic E-state index is 0.433. The van der Waals surface area contributed by atoms with Gasteiger partial charge in [0, 0.05) is 10.8 Å². The molecule has 1 aromatic rings. The average Bonchev–Trinajstić information content (AvgIpc) is 2.23. The first-order valence-electron chi connectivity index (χ1n) is 5.21. The second-order valence-corrected chi connectivity index (χ2v) is 5.26. The van der Waals surface area contributed by atoms with Crippen LogP contribution in [0.4, 0.5) is 0 Å². The monoisotopic (exact) mass is 216 g/mol. The highest BCUT2D eigenvalue weighted by Crippen LogP contribution is 2.43. The highest BCUT2D eigenvalue weighted by Gasteiger charge is 2.22. The summed E-state index contributed by atoms with van der Waals surface area (Å²) in [5.74, 6) is 0.433. The van der Waals surface area contributed by atoms with E-state index in [1.54, 1.807) is 0 Å². The maximum atomic E-state index is 4.13. The van der Waals surface area contributed by atoms with Crippen molar-refractivity contribution in [3.05, 3.63) is 53.0 Å². The fourth-order valence-corrected chi connectivity index (χ4v) is 3.18. The van der Waals surface area contributed by atoms with Crippen molar-refractivity contribution >= 4 is 11.8 Å². The third-order valence-electron chi connectivity index (χ3n) is 3.05. The predicted molar refractivity (Wildman–Crippen MR) is 68.3 cm³/mol. The molecule has 0 saturated heterocycles. The summed E-state index contributed by atoms with van der Waals surface area (Å²) in [7, 11) is 0. The molecule has 1 aliphatic heterocycles. The number of fused-ring (bicyclic) bond motifs is 1. The Morgan fingerprint density at radius 3 is 2.67 bits per heavy atom. The van der Waals surface area contributed by atoms with E-state index in [-0.39, 0.29) is 0 Å². The maximum absolute atomic E-state index is 4.13. The van der Waals surface area contributed by atoms with Crippen LogP contribution in [0.2, 0.25) is 0 Å². The first kappa shape index (κ1) is 10.6. The third-order valence-corrected chi connectivity index (χ3v) is 4.38. The van der Waals surface area contributed by atoms with E-state index in [0.29, 0.717) is 5.92 Å². The van der Waals surface area contributed by atoms with Crippen molar-refractivity contribution < 1.29 is 0 Å². The largest absolute Gasteiger partial charge is 0.102 e. The third kappa shape index (κ3) is 1.76. The summed E-state index contributed by atoms with van der Waals surface area (Å²) in [6, 6.07) is 4.41. The minimum Gasteiger partial charge on any atom is -0.102 e. The van der Waals surface area contributed by atoms with Crippen molar-refractivity contribution in [2.24, 2.45) is 5.92 Å². The second-order valence-electron chi connectivity index (χ2n) is 4.12. The zero-order valence-corrected chi connectivity index (χ0v) is 10.2. The highest BCUT2D eigenvalue weighted by molar-refractivity contribution is 8.03. The molecular formula is C14H16S. The quantitative estimate of drug-likeness (QED) is 0.632. The molecule has 1 aromatic carbocycles. The zero-order chi connectivity index (χ0) is 11.0. The van der Waals surface area contributed by atoms with Gasteiger partial charge in [0.15, 0.2) is 0 Å². The van der Waals surface area contributed by atoms with Gasteiger partial charge in [0.2, 0.25) is 0 Å². The fourth-order valence-electron chi connectivity index (χ4n) is 1.99. The lowest BCUT2D eigenvalue weighted by Gasteiger charge is -2.26. The van der Waals surface area contributed by atoms with E-state index in [1.165, 1.54) is 26.5 Å². The van der Waals surface area contributed by atoms with Gasteiger partial charge in [-0.05, 0) is 41.9 Å². The Hall–Kier alpha value is -0.950. The van der Waals surface area contributed by atoms with Crippen molar-refractivity contribution in [2.75, 3.05) is 0 Å². The standard InChI is InChI=1S/C14H16S/c1-5-12-8-13-9(2)6-7-10(3)14(13)15-11(12)4/h5-7,12H,1,4,8H2,2-3H3. The van der Waals surface area contributed by atoms with Crippen LogP contribution in [0.15, 0.2) is 41.2 Å². The van der Waals surface area contributed by atoms with Crippen molar-refractivity contribution in [1.29, 1.82) is 0 Å². The molecule has 1 aliphatic rings. The summed E-state index contributed by atoms with van der Waals surface area (Å²) >= 11 is 1.82. The lowest BCUT2D eigenvalue weighted by molar-refractivity contribution is 0.763. The number of rotatable bonds is 1. The first-order valence-corrected chi connectivity index (χ1v) is 6.03. The van der Waals surface area contributed by atoms with Gasteiger partial charge in [-0.2, -0.15) is 0 Å². The van der Waals surface area contributed by atoms with Crippen LogP contribution in [-0.2, 0) is 6.42 Å². The van der Waals surface area contributed by atoms with Crippen molar-refractivity contribution in [1.82, 2.24) is 0 Å². The van der Waals surface area contributed by atoms with E-state index in [0.717, 1.165) is 6.42 Å². The molecule has 0 nitrogen and oxygen atoms in total. The molecule has 0 aromatic heterocycles. The topological polar surface area (TPSA) is 0 Å². The molecule has 0 amide bonds. The van der Waals surface area contributed by atoms with Gasteiger partial charge < -0.3 is 0 Å². The van der Waals surface area contributed by atoms with E-state index in [2.05, 4.69) is 39.1 Å². The molecule has 1 unspecified atom stereocenters. The molecule has 0 radical (unpaired) electrons. The average molecular weight is 216 g/mol. The van der Waals surface area contributed by atoms with Crippen LogP contribution in [0.5, 0.6) is 0 Å². The Bertz CT molecular complexity index is 429. The number of hydrogen-bond acceptors (Lipinski definition) is 1. The molecule has 0 fully saturated rings. The Labute approximate surface area is 96.1 Å². The van der Waals surface area contributed by atoms with Gasteiger partial charge in [0.25, 0.3) is 0 Å². The van der Waals surface area contributed by atoms with E-state index >= 15 is 0 Å². The number of benzene rings is 1. The zero-order valence-electron chi connectivity index (χ0n) is 9.34. The van der Waals surface area contributed by atoms with Gasteiger partial charge in [-0.1, -0.05) is 36.5 Å². The predicted octanol–water partition coefficient (Wildman–Crippen LogP) is 4.27. The minimum absolute atomic E-state index is 0.433. The second kappa shape index (κ2) is 3.90. The maximum Gasteiger partial charge on any atom is 0.0183 e. The summed E-state index contributed by atoms with van der Waals surface area (Å²) in [6.45, 7) is 12.4. The summed E-state index contributed by atoms with van der Waals surface area (Å²) < 4.78 is 0. The molecule has 0 saturated carbocycles. The van der Waals surface area contributed by atoms with Crippen LogP contribution < -0.4 is 0 Å². The van der Waals surface area contributed by atoms with Crippen molar-refractivity contribution in [3.8, 4) is 0 Å². The molecule has 1 heterocycles. The van der Waals surface area contributed by atoms with Crippen LogP contribution in [0.1, 0.15) is 16.7 Å². The normalized spacial score (nSPS) is 19.9. The van der Waals surface area contributed by atoms with E-state index in [1.807, 2.05) is 17.8 Å². The molecule has 0 spiro atoms. The van der Waals surface area contributed by atoms with Crippen molar-refractivity contribution in [3.63, 3.8) is 0 Å². The van der Waals surface area contributed by atoms with Crippen LogP contribution in [0.25, 0.3) is 0 Å². The molecule has 2 rings (SSSR count). The van der Waals surface area contributed by atoms with Crippen LogP contribution in [0, 0.1) is 19.8 Å². The molecule has 1 heteroatoms. The number of thioether (sulfide) groups is 1. The summed E-state index contributed by atoms with van der Waals surface area (Å²) in [5.41, 5.74) is 4.24. The molecule has 0 aliphatic carbocycles. The van der Waals surface area contributed by atoms with E-state index in [4.69, 9.17) is 0 Å². The molecule has 1 atom stereocenters.